The number of rotatable bonds is 3. The summed E-state index contributed by atoms with van der Waals surface area (Å²) in [5.74, 6) is 1.87. The third-order valence-corrected chi connectivity index (χ3v) is 4.72. The number of nitriles is 1. The number of aromatic nitrogens is 2. The van der Waals surface area contributed by atoms with Crippen molar-refractivity contribution in [3.8, 4) is 17.4 Å². The van der Waals surface area contributed by atoms with Crippen molar-refractivity contribution in [3.05, 3.63) is 76.2 Å². The minimum atomic E-state index is 0.421. The Balaban J connectivity index is 1.71. The molecular weight excluding hydrogens is 390 g/mol. The number of imidazole rings is 1. The quantitative estimate of drug-likeness (QED) is 0.429. The molecule has 2 heterocycles. The summed E-state index contributed by atoms with van der Waals surface area (Å²) in [6, 6.07) is 19.7. The Morgan fingerprint density at radius 2 is 2.04 bits per heavy atom. The van der Waals surface area contributed by atoms with Crippen LogP contribution < -0.4 is 0 Å². The van der Waals surface area contributed by atoms with Crippen molar-refractivity contribution in [1.82, 2.24) is 9.97 Å². The molecule has 0 saturated carbocycles. The second kappa shape index (κ2) is 6.66. The average molecular weight is 404 g/mol. The highest BCUT2D eigenvalue weighted by Gasteiger charge is 2.11. The number of furan rings is 1. The number of nitrogens with one attached hydrogen (secondary N) is 1. The van der Waals surface area contributed by atoms with Gasteiger partial charge in [-0.3, -0.25) is 0 Å². The number of aromatic amines is 1. The predicted molar refractivity (Wildman–Crippen MR) is 106 cm³/mol. The summed E-state index contributed by atoms with van der Waals surface area (Å²) in [6.45, 7) is 2.04. The van der Waals surface area contributed by atoms with Gasteiger partial charge in [0.25, 0.3) is 0 Å². The zero-order valence-corrected chi connectivity index (χ0v) is 15.5. The first-order chi connectivity index (χ1) is 12.6. The molecule has 5 heteroatoms. The van der Waals surface area contributed by atoms with Gasteiger partial charge < -0.3 is 9.40 Å². The van der Waals surface area contributed by atoms with Crippen molar-refractivity contribution >= 4 is 38.6 Å². The fraction of sp³-hybridized carbons (Fsp3) is 0.0476. The molecule has 126 valence electrons. The maximum Gasteiger partial charge on any atom is 0.149 e. The molecule has 0 aliphatic carbocycles. The van der Waals surface area contributed by atoms with Crippen LogP contribution >= 0.6 is 15.9 Å². The summed E-state index contributed by atoms with van der Waals surface area (Å²) in [7, 11) is 0. The van der Waals surface area contributed by atoms with Gasteiger partial charge in [-0.1, -0.05) is 34.1 Å². The highest BCUT2D eigenvalue weighted by atomic mass is 79.9. The molecule has 0 aliphatic heterocycles. The lowest BCUT2D eigenvalue weighted by Crippen LogP contribution is -1.84. The molecule has 0 atom stereocenters. The highest BCUT2D eigenvalue weighted by Crippen LogP contribution is 2.31. The number of nitrogens with zero attached hydrogens (tertiary/aromatic N) is 2. The molecule has 0 bridgehead atoms. The van der Waals surface area contributed by atoms with E-state index in [1.165, 1.54) is 5.56 Å². The van der Waals surface area contributed by atoms with Crippen LogP contribution in [-0.2, 0) is 0 Å². The van der Waals surface area contributed by atoms with Crippen molar-refractivity contribution < 1.29 is 4.42 Å². The summed E-state index contributed by atoms with van der Waals surface area (Å²) >= 11 is 3.57. The normalized spacial score (nSPS) is 11.7. The Kier molecular flexibility index (Phi) is 4.19. The zero-order chi connectivity index (χ0) is 18.1. The maximum atomic E-state index is 9.54. The standard InChI is InChI=1S/C21H14BrN3O/c1-13-6-8-16(17(22)10-13)20-9-7-15(26-20)11-14(12-23)21-24-18-4-2-3-5-19(18)25-21/h2-11H,1H3,(H,24,25)/b14-11+. The van der Waals surface area contributed by atoms with Crippen molar-refractivity contribution in [1.29, 1.82) is 5.26 Å². The number of halogens is 1. The van der Waals surface area contributed by atoms with Crippen LogP contribution in [0.2, 0.25) is 0 Å². The van der Waals surface area contributed by atoms with Crippen LogP contribution in [0, 0.1) is 18.3 Å². The zero-order valence-electron chi connectivity index (χ0n) is 14.0. The summed E-state index contributed by atoms with van der Waals surface area (Å²) in [4.78, 5) is 7.64. The average Bonchev–Trinajstić information content (AvgIpc) is 3.26. The van der Waals surface area contributed by atoms with Gasteiger partial charge in [0.05, 0.1) is 16.6 Å². The highest BCUT2D eigenvalue weighted by molar-refractivity contribution is 9.10. The van der Waals surface area contributed by atoms with Gasteiger partial charge in [-0.2, -0.15) is 5.26 Å². The number of para-hydroxylation sites is 2. The molecule has 4 aromatic rings. The van der Waals surface area contributed by atoms with E-state index in [1.54, 1.807) is 6.08 Å². The van der Waals surface area contributed by atoms with E-state index in [0.29, 0.717) is 17.2 Å². The van der Waals surface area contributed by atoms with E-state index in [2.05, 4.69) is 32.0 Å². The second-order valence-electron chi connectivity index (χ2n) is 5.96. The van der Waals surface area contributed by atoms with Gasteiger partial charge in [0.2, 0.25) is 0 Å². The van der Waals surface area contributed by atoms with Crippen LogP contribution in [0.4, 0.5) is 0 Å². The van der Waals surface area contributed by atoms with Crippen molar-refractivity contribution in [3.63, 3.8) is 0 Å². The van der Waals surface area contributed by atoms with E-state index in [-0.39, 0.29) is 0 Å². The molecule has 4 rings (SSSR count). The lowest BCUT2D eigenvalue weighted by atomic mass is 10.1. The van der Waals surface area contributed by atoms with Crippen LogP contribution in [0.15, 0.2) is 63.5 Å². The van der Waals surface area contributed by atoms with Gasteiger partial charge in [-0.05, 0) is 48.9 Å². The molecule has 0 aliphatic rings. The van der Waals surface area contributed by atoms with E-state index in [1.807, 2.05) is 61.5 Å². The van der Waals surface area contributed by atoms with Crippen LogP contribution in [0.3, 0.4) is 0 Å². The SMILES string of the molecule is Cc1ccc(-c2ccc(/C=C(\C#N)c3nc4ccccc4[nH]3)o2)c(Br)c1. The van der Waals surface area contributed by atoms with Gasteiger partial charge in [0.1, 0.15) is 23.4 Å². The van der Waals surface area contributed by atoms with Crippen LogP contribution in [-0.4, -0.2) is 9.97 Å². The number of aryl methyl sites for hydroxylation is 1. The number of fused-ring (bicyclic) bond motifs is 1. The molecule has 26 heavy (non-hydrogen) atoms. The van der Waals surface area contributed by atoms with Crippen LogP contribution in [0.25, 0.3) is 34.0 Å². The van der Waals surface area contributed by atoms with Gasteiger partial charge in [-0.25, -0.2) is 4.98 Å². The molecule has 0 unspecified atom stereocenters. The monoisotopic (exact) mass is 403 g/mol. The molecule has 4 nitrogen and oxygen atoms in total. The van der Waals surface area contributed by atoms with Gasteiger partial charge in [0, 0.05) is 16.1 Å². The number of benzene rings is 2. The Hall–Kier alpha value is -3.10. The third kappa shape index (κ3) is 3.07. The van der Waals surface area contributed by atoms with Crippen molar-refractivity contribution in [2.75, 3.05) is 0 Å². The smallest absolute Gasteiger partial charge is 0.149 e. The minimum absolute atomic E-state index is 0.421. The van der Waals surface area contributed by atoms with E-state index >= 15 is 0 Å². The van der Waals surface area contributed by atoms with E-state index in [0.717, 1.165) is 26.8 Å². The Bertz CT molecular complexity index is 1140. The van der Waals surface area contributed by atoms with Crippen LogP contribution in [0.5, 0.6) is 0 Å². The van der Waals surface area contributed by atoms with Crippen LogP contribution in [0.1, 0.15) is 17.1 Å². The molecule has 1 N–H and O–H groups in total. The molecule has 2 aromatic heterocycles. The Morgan fingerprint density at radius 1 is 1.19 bits per heavy atom. The second-order valence-corrected chi connectivity index (χ2v) is 6.81. The summed E-state index contributed by atoms with van der Waals surface area (Å²) < 4.78 is 6.89. The Labute approximate surface area is 158 Å². The van der Waals surface area contributed by atoms with Crippen molar-refractivity contribution in [2.24, 2.45) is 0 Å². The van der Waals surface area contributed by atoms with E-state index in [4.69, 9.17) is 4.42 Å². The lowest BCUT2D eigenvalue weighted by Gasteiger charge is -2.02. The lowest BCUT2D eigenvalue weighted by molar-refractivity contribution is 0.571. The number of H-pyrrole nitrogens is 1. The molecule has 0 saturated heterocycles. The minimum Gasteiger partial charge on any atom is -0.457 e. The topological polar surface area (TPSA) is 65.6 Å². The maximum absolute atomic E-state index is 9.54. The van der Waals surface area contributed by atoms with Gasteiger partial charge >= 0.3 is 0 Å². The predicted octanol–water partition coefficient (Wildman–Crippen LogP) is 5.96. The van der Waals surface area contributed by atoms with Gasteiger partial charge in [0.15, 0.2) is 0 Å². The summed E-state index contributed by atoms with van der Waals surface area (Å²) in [5.41, 5.74) is 4.28. The fourth-order valence-corrected chi connectivity index (χ4v) is 3.46. The number of allylic oxidation sites excluding steroid dienone is 1. The fourth-order valence-electron chi connectivity index (χ4n) is 2.77. The number of hydrogen-bond acceptors (Lipinski definition) is 3. The summed E-state index contributed by atoms with van der Waals surface area (Å²) in [5, 5.41) is 9.54. The molecule has 0 amide bonds. The first kappa shape index (κ1) is 16.4. The first-order valence-corrected chi connectivity index (χ1v) is 8.86. The molecule has 0 radical (unpaired) electrons. The molecule has 0 fully saturated rings. The Morgan fingerprint density at radius 3 is 2.81 bits per heavy atom. The molecule has 0 spiro atoms. The largest absolute Gasteiger partial charge is 0.457 e. The third-order valence-electron chi connectivity index (χ3n) is 4.07. The van der Waals surface area contributed by atoms with Gasteiger partial charge in [-0.15, -0.1) is 0 Å². The number of hydrogen-bond donors (Lipinski definition) is 1. The molecular formula is C21H14BrN3O. The van der Waals surface area contributed by atoms with E-state index < -0.39 is 0 Å². The summed E-state index contributed by atoms with van der Waals surface area (Å²) in [6.07, 6.45) is 1.70. The van der Waals surface area contributed by atoms with E-state index in [9.17, 15) is 5.26 Å². The molecule has 2 aromatic carbocycles. The van der Waals surface area contributed by atoms with Crippen molar-refractivity contribution in [2.45, 2.75) is 6.92 Å². The first-order valence-electron chi connectivity index (χ1n) is 8.07.